The number of sulfone groups is 1. The fraction of sp³-hybridized carbons (Fsp3) is 0.400. The minimum atomic E-state index is -3.46. The monoisotopic (exact) mass is 259 g/mol. The van der Waals surface area contributed by atoms with E-state index in [0.29, 0.717) is 13.0 Å². The first kappa shape index (κ1) is 13.4. The zero-order valence-electron chi connectivity index (χ0n) is 9.54. The van der Waals surface area contributed by atoms with Crippen LogP contribution in [0.1, 0.15) is 13.3 Å². The normalized spacial score (nSPS) is 11.2. The molecule has 1 aromatic carbocycles. The van der Waals surface area contributed by atoms with E-state index in [-0.39, 0.29) is 16.3 Å². The summed E-state index contributed by atoms with van der Waals surface area (Å²) in [5.74, 6) is 0.0873. The maximum Gasteiger partial charge on any atom is 0.312 e. The van der Waals surface area contributed by atoms with Crippen molar-refractivity contribution in [3.8, 4) is 5.75 Å². The van der Waals surface area contributed by atoms with E-state index in [0.717, 1.165) is 12.3 Å². The van der Waals surface area contributed by atoms with Gasteiger partial charge in [-0.1, -0.05) is 6.92 Å². The maximum atomic E-state index is 11.3. The predicted molar refractivity (Wildman–Crippen MR) is 62.0 cm³/mol. The van der Waals surface area contributed by atoms with Crippen molar-refractivity contribution in [2.45, 2.75) is 18.2 Å². The predicted octanol–water partition coefficient (Wildman–Crippen LogP) is 1.79. The van der Waals surface area contributed by atoms with Gasteiger partial charge in [-0.3, -0.25) is 10.1 Å². The van der Waals surface area contributed by atoms with E-state index in [4.69, 9.17) is 4.74 Å². The number of nitrogens with zero attached hydrogens (tertiary/aromatic N) is 1. The highest BCUT2D eigenvalue weighted by Gasteiger charge is 2.19. The van der Waals surface area contributed by atoms with Gasteiger partial charge in [0, 0.05) is 12.3 Å². The molecule has 17 heavy (non-hydrogen) atoms. The fourth-order valence-electron chi connectivity index (χ4n) is 1.20. The molecule has 0 atom stereocenters. The van der Waals surface area contributed by atoms with Crippen LogP contribution in [-0.4, -0.2) is 26.2 Å². The lowest BCUT2D eigenvalue weighted by atomic mass is 10.3. The summed E-state index contributed by atoms with van der Waals surface area (Å²) in [6.45, 7) is 2.22. The van der Waals surface area contributed by atoms with Gasteiger partial charge in [-0.25, -0.2) is 8.42 Å². The lowest BCUT2D eigenvalue weighted by Crippen LogP contribution is -2.02. The Balaban J connectivity index is 3.22. The summed E-state index contributed by atoms with van der Waals surface area (Å²) in [5.41, 5.74) is -0.332. The molecule has 0 aromatic heterocycles. The zero-order valence-corrected chi connectivity index (χ0v) is 10.4. The van der Waals surface area contributed by atoms with Gasteiger partial charge in [-0.2, -0.15) is 0 Å². The standard InChI is InChI=1S/C10H13NO5S/c1-3-6-16-10-5-4-8(17(2,14)15)7-9(10)11(12)13/h4-5,7H,3,6H2,1-2H3. The maximum absolute atomic E-state index is 11.3. The van der Waals surface area contributed by atoms with Gasteiger partial charge in [-0.15, -0.1) is 0 Å². The van der Waals surface area contributed by atoms with Crippen LogP contribution in [0.3, 0.4) is 0 Å². The van der Waals surface area contributed by atoms with Crippen molar-refractivity contribution in [1.82, 2.24) is 0 Å². The van der Waals surface area contributed by atoms with Gasteiger partial charge >= 0.3 is 5.69 Å². The molecular weight excluding hydrogens is 246 g/mol. The molecule has 0 aliphatic rings. The average Bonchev–Trinajstić information content (AvgIpc) is 2.24. The summed E-state index contributed by atoms with van der Waals surface area (Å²) in [4.78, 5) is 10.1. The molecular formula is C10H13NO5S. The molecule has 0 saturated heterocycles. The van der Waals surface area contributed by atoms with Gasteiger partial charge in [-0.05, 0) is 18.6 Å². The first-order chi connectivity index (χ1) is 7.86. The lowest BCUT2D eigenvalue weighted by molar-refractivity contribution is -0.386. The Hall–Kier alpha value is -1.63. The Morgan fingerprint density at radius 1 is 1.41 bits per heavy atom. The summed E-state index contributed by atoms with van der Waals surface area (Å²) in [6, 6.07) is 3.62. The molecule has 94 valence electrons. The minimum absolute atomic E-state index is 0.0873. The van der Waals surface area contributed by atoms with Crippen LogP contribution in [0.5, 0.6) is 5.75 Å². The summed E-state index contributed by atoms with van der Waals surface area (Å²) in [5, 5.41) is 10.8. The number of hydrogen-bond donors (Lipinski definition) is 0. The molecule has 0 amide bonds. The van der Waals surface area contributed by atoms with Crippen molar-refractivity contribution < 1.29 is 18.1 Å². The second kappa shape index (κ2) is 5.13. The second-order valence-electron chi connectivity index (χ2n) is 3.51. The minimum Gasteiger partial charge on any atom is -0.487 e. The summed E-state index contributed by atoms with van der Waals surface area (Å²) >= 11 is 0. The van der Waals surface area contributed by atoms with E-state index in [9.17, 15) is 18.5 Å². The molecule has 1 aromatic rings. The molecule has 0 aliphatic heterocycles. The first-order valence-electron chi connectivity index (χ1n) is 4.97. The van der Waals surface area contributed by atoms with Crippen molar-refractivity contribution in [2.24, 2.45) is 0 Å². The Labute approximate surface area is 99.3 Å². The third-order valence-corrected chi connectivity index (χ3v) is 3.13. The quantitative estimate of drug-likeness (QED) is 0.594. The molecule has 0 radical (unpaired) electrons. The van der Waals surface area contributed by atoms with E-state index < -0.39 is 14.8 Å². The fourth-order valence-corrected chi connectivity index (χ4v) is 1.85. The number of nitro groups is 1. The van der Waals surface area contributed by atoms with E-state index >= 15 is 0 Å². The van der Waals surface area contributed by atoms with Gasteiger partial charge in [0.15, 0.2) is 15.6 Å². The zero-order chi connectivity index (χ0) is 13.1. The highest BCUT2D eigenvalue weighted by Crippen LogP contribution is 2.29. The molecule has 0 aliphatic carbocycles. The summed E-state index contributed by atoms with van der Waals surface area (Å²) in [6.07, 6.45) is 1.71. The number of rotatable bonds is 5. The van der Waals surface area contributed by atoms with Crippen LogP contribution in [0.2, 0.25) is 0 Å². The second-order valence-corrected chi connectivity index (χ2v) is 5.52. The van der Waals surface area contributed by atoms with Gasteiger partial charge in [0.1, 0.15) is 0 Å². The largest absolute Gasteiger partial charge is 0.487 e. The van der Waals surface area contributed by atoms with E-state index in [2.05, 4.69) is 0 Å². The van der Waals surface area contributed by atoms with Gasteiger partial charge in [0.05, 0.1) is 16.4 Å². The Kier molecular flexibility index (Phi) is 4.06. The van der Waals surface area contributed by atoms with Crippen LogP contribution in [-0.2, 0) is 9.84 Å². The average molecular weight is 259 g/mol. The number of nitro benzene ring substituents is 1. The van der Waals surface area contributed by atoms with Gasteiger partial charge in [0.25, 0.3) is 0 Å². The van der Waals surface area contributed by atoms with Crippen molar-refractivity contribution >= 4 is 15.5 Å². The number of benzene rings is 1. The van der Waals surface area contributed by atoms with E-state index in [1.807, 2.05) is 6.92 Å². The SMILES string of the molecule is CCCOc1ccc(S(C)(=O)=O)cc1[N+](=O)[O-]. The van der Waals surface area contributed by atoms with Crippen LogP contribution >= 0.6 is 0 Å². The lowest BCUT2D eigenvalue weighted by Gasteiger charge is -2.06. The van der Waals surface area contributed by atoms with Crippen LogP contribution in [0.4, 0.5) is 5.69 Å². The van der Waals surface area contributed by atoms with Crippen molar-refractivity contribution in [3.05, 3.63) is 28.3 Å². The molecule has 1 rings (SSSR count). The number of ether oxygens (including phenoxy) is 1. The van der Waals surface area contributed by atoms with E-state index in [1.165, 1.54) is 12.1 Å². The molecule has 0 heterocycles. The Morgan fingerprint density at radius 2 is 2.06 bits per heavy atom. The Bertz CT molecular complexity index is 523. The summed E-state index contributed by atoms with van der Waals surface area (Å²) < 4.78 is 27.7. The van der Waals surface area contributed by atoms with Crippen molar-refractivity contribution in [3.63, 3.8) is 0 Å². The smallest absolute Gasteiger partial charge is 0.312 e. The first-order valence-corrected chi connectivity index (χ1v) is 6.86. The van der Waals surface area contributed by atoms with Gasteiger partial charge in [0.2, 0.25) is 0 Å². The van der Waals surface area contributed by atoms with Crippen LogP contribution in [0, 0.1) is 10.1 Å². The highest BCUT2D eigenvalue weighted by atomic mass is 32.2. The molecule has 0 N–H and O–H groups in total. The van der Waals surface area contributed by atoms with Crippen LogP contribution < -0.4 is 4.74 Å². The summed E-state index contributed by atoms with van der Waals surface area (Å²) in [7, 11) is -3.46. The molecule has 0 unspecified atom stereocenters. The molecule has 0 fully saturated rings. The third-order valence-electron chi connectivity index (χ3n) is 2.02. The molecule has 6 nitrogen and oxygen atoms in total. The van der Waals surface area contributed by atoms with Gasteiger partial charge < -0.3 is 4.74 Å². The number of hydrogen-bond acceptors (Lipinski definition) is 5. The van der Waals surface area contributed by atoms with Crippen molar-refractivity contribution in [2.75, 3.05) is 12.9 Å². The third kappa shape index (κ3) is 3.42. The van der Waals surface area contributed by atoms with Crippen LogP contribution in [0.25, 0.3) is 0 Å². The van der Waals surface area contributed by atoms with Crippen molar-refractivity contribution in [1.29, 1.82) is 0 Å². The molecule has 7 heteroatoms. The Morgan fingerprint density at radius 3 is 2.53 bits per heavy atom. The molecule has 0 bridgehead atoms. The highest BCUT2D eigenvalue weighted by molar-refractivity contribution is 7.90. The van der Waals surface area contributed by atoms with E-state index in [1.54, 1.807) is 0 Å². The van der Waals surface area contributed by atoms with Crippen LogP contribution in [0.15, 0.2) is 23.1 Å². The topological polar surface area (TPSA) is 86.5 Å². The molecule has 0 spiro atoms. The molecule has 0 saturated carbocycles.